The summed E-state index contributed by atoms with van der Waals surface area (Å²) in [6.07, 6.45) is 3.26. The molecule has 0 saturated heterocycles. The lowest BCUT2D eigenvalue weighted by molar-refractivity contribution is 0.322. The van der Waals surface area contributed by atoms with Crippen molar-refractivity contribution in [1.82, 2.24) is 15.3 Å². The van der Waals surface area contributed by atoms with Crippen molar-refractivity contribution >= 4 is 15.9 Å². The van der Waals surface area contributed by atoms with Crippen LogP contribution in [0.25, 0.3) is 0 Å². The second-order valence-electron chi connectivity index (χ2n) is 4.08. The molecule has 0 bridgehead atoms. The van der Waals surface area contributed by atoms with Crippen LogP contribution in [0, 0.1) is 5.82 Å². The van der Waals surface area contributed by atoms with Gasteiger partial charge in [-0.05, 0) is 35.0 Å². The molecule has 0 amide bonds. The zero-order valence-electron chi connectivity index (χ0n) is 11.1. The van der Waals surface area contributed by atoms with E-state index in [-0.39, 0.29) is 10.4 Å². The number of pyridine rings is 2. The summed E-state index contributed by atoms with van der Waals surface area (Å²) in [5.41, 5.74) is 1.51. The second kappa shape index (κ2) is 7.31. The molecule has 0 unspecified atom stereocenters. The van der Waals surface area contributed by atoms with E-state index in [2.05, 4.69) is 31.2 Å². The minimum atomic E-state index is -0.337. The van der Waals surface area contributed by atoms with E-state index in [0.717, 1.165) is 5.56 Å². The van der Waals surface area contributed by atoms with Gasteiger partial charge in [-0.25, -0.2) is 14.4 Å². The normalized spacial score (nSPS) is 10.6. The molecule has 0 aliphatic carbocycles. The average Bonchev–Trinajstić information content (AvgIpc) is 2.45. The minimum absolute atomic E-state index is 0.230. The molecule has 0 aliphatic rings. The number of nitrogens with one attached hydrogen (secondary N) is 1. The first kappa shape index (κ1) is 14.9. The maximum absolute atomic E-state index is 13.7. The molecular formula is C14H15BrFN3O. The van der Waals surface area contributed by atoms with Gasteiger partial charge in [-0.2, -0.15) is 0 Å². The van der Waals surface area contributed by atoms with Crippen LogP contribution in [0.1, 0.15) is 18.1 Å². The van der Waals surface area contributed by atoms with Gasteiger partial charge in [0.05, 0.1) is 6.61 Å². The molecule has 0 radical (unpaired) electrons. The number of rotatable bonds is 6. The predicted molar refractivity (Wildman–Crippen MR) is 77.8 cm³/mol. The van der Waals surface area contributed by atoms with E-state index < -0.39 is 0 Å². The Kier molecular flexibility index (Phi) is 5.43. The molecule has 0 spiro atoms. The molecule has 0 atom stereocenters. The zero-order valence-corrected chi connectivity index (χ0v) is 12.7. The van der Waals surface area contributed by atoms with Gasteiger partial charge in [-0.3, -0.25) is 0 Å². The Labute approximate surface area is 125 Å². The molecule has 2 aromatic rings. The molecule has 20 heavy (non-hydrogen) atoms. The summed E-state index contributed by atoms with van der Waals surface area (Å²) in [6, 6.07) is 5.44. The van der Waals surface area contributed by atoms with Gasteiger partial charge in [0.2, 0.25) is 5.88 Å². The van der Waals surface area contributed by atoms with E-state index in [4.69, 9.17) is 4.74 Å². The first-order valence-electron chi connectivity index (χ1n) is 6.28. The fourth-order valence-electron chi connectivity index (χ4n) is 1.75. The largest absolute Gasteiger partial charge is 0.478 e. The Balaban J connectivity index is 1.98. The van der Waals surface area contributed by atoms with Gasteiger partial charge in [-0.15, -0.1) is 0 Å². The van der Waals surface area contributed by atoms with Crippen LogP contribution >= 0.6 is 15.9 Å². The van der Waals surface area contributed by atoms with Crippen LogP contribution in [-0.2, 0) is 13.1 Å². The molecule has 2 aromatic heterocycles. The van der Waals surface area contributed by atoms with E-state index in [1.54, 1.807) is 18.5 Å². The number of ether oxygens (including phenoxy) is 1. The number of hydrogen-bond acceptors (Lipinski definition) is 4. The lowest BCUT2D eigenvalue weighted by Gasteiger charge is -2.10. The second-order valence-corrected chi connectivity index (χ2v) is 4.83. The third-order valence-electron chi connectivity index (χ3n) is 2.69. The highest BCUT2D eigenvalue weighted by molar-refractivity contribution is 9.10. The van der Waals surface area contributed by atoms with Gasteiger partial charge in [-0.1, -0.05) is 6.07 Å². The smallest absolute Gasteiger partial charge is 0.217 e. The van der Waals surface area contributed by atoms with Crippen molar-refractivity contribution in [1.29, 1.82) is 0 Å². The Morgan fingerprint density at radius 1 is 1.20 bits per heavy atom. The van der Waals surface area contributed by atoms with Gasteiger partial charge < -0.3 is 10.1 Å². The first-order valence-corrected chi connectivity index (χ1v) is 7.08. The van der Waals surface area contributed by atoms with E-state index >= 15 is 0 Å². The summed E-state index contributed by atoms with van der Waals surface area (Å²) in [4.78, 5) is 8.00. The predicted octanol–water partition coefficient (Wildman–Crippen LogP) is 3.07. The monoisotopic (exact) mass is 339 g/mol. The molecule has 0 aromatic carbocycles. The molecule has 1 N–H and O–H groups in total. The molecule has 0 fully saturated rings. The van der Waals surface area contributed by atoms with E-state index in [1.807, 2.05) is 19.1 Å². The third-order valence-corrected chi connectivity index (χ3v) is 3.24. The van der Waals surface area contributed by atoms with Gasteiger partial charge in [0.1, 0.15) is 4.60 Å². The standard InChI is InChI=1S/C14H15BrFN3O/c1-2-20-14-11(4-3-6-19-14)9-17-8-10-5-7-18-13(15)12(10)16/h3-7,17H,2,8-9H2,1H3. The van der Waals surface area contributed by atoms with Crippen molar-refractivity contribution < 1.29 is 9.13 Å². The highest BCUT2D eigenvalue weighted by Gasteiger charge is 2.08. The summed E-state index contributed by atoms with van der Waals surface area (Å²) in [5, 5.41) is 3.18. The van der Waals surface area contributed by atoms with Crippen LogP contribution in [0.3, 0.4) is 0 Å². The molecule has 0 aliphatic heterocycles. The molecule has 4 nitrogen and oxygen atoms in total. The lowest BCUT2D eigenvalue weighted by atomic mass is 10.2. The maximum Gasteiger partial charge on any atom is 0.217 e. The summed E-state index contributed by atoms with van der Waals surface area (Å²) in [7, 11) is 0. The fourth-order valence-corrected chi connectivity index (χ4v) is 2.12. The Morgan fingerprint density at radius 3 is 2.80 bits per heavy atom. The van der Waals surface area contributed by atoms with Crippen LogP contribution in [-0.4, -0.2) is 16.6 Å². The van der Waals surface area contributed by atoms with E-state index in [9.17, 15) is 4.39 Å². The number of halogens is 2. The van der Waals surface area contributed by atoms with Gasteiger partial charge in [0.15, 0.2) is 5.82 Å². The van der Waals surface area contributed by atoms with Crippen LogP contribution in [0.15, 0.2) is 35.2 Å². The van der Waals surface area contributed by atoms with E-state index in [1.165, 1.54) is 0 Å². The van der Waals surface area contributed by atoms with Crippen molar-refractivity contribution in [2.24, 2.45) is 0 Å². The summed E-state index contributed by atoms with van der Waals surface area (Å²) in [5.74, 6) is 0.273. The van der Waals surface area contributed by atoms with Crippen molar-refractivity contribution in [2.45, 2.75) is 20.0 Å². The average molecular weight is 340 g/mol. The highest BCUT2D eigenvalue weighted by atomic mass is 79.9. The molecule has 106 valence electrons. The molecule has 2 heterocycles. The van der Waals surface area contributed by atoms with Gasteiger partial charge >= 0.3 is 0 Å². The van der Waals surface area contributed by atoms with Crippen LogP contribution < -0.4 is 10.1 Å². The summed E-state index contributed by atoms with van der Waals surface area (Å²) >= 11 is 3.07. The van der Waals surface area contributed by atoms with Gasteiger partial charge in [0, 0.05) is 36.6 Å². The molecule has 6 heteroatoms. The Hall–Kier alpha value is -1.53. The van der Waals surface area contributed by atoms with Gasteiger partial charge in [0.25, 0.3) is 0 Å². The van der Waals surface area contributed by atoms with Crippen LogP contribution in [0.4, 0.5) is 4.39 Å². The van der Waals surface area contributed by atoms with E-state index in [0.29, 0.717) is 31.1 Å². The Morgan fingerprint density at radius 2 is 2.00 bits per heavy atom. The maximum atomic E-state index is 13.7. The number of nitrogens with zero attached hydrogens (tertiary/aromatic N) is 2. The summed E-state index contributed by atoms with van der Waals surface area (Å²) < 4.78 is 19.4. The van der Waals surface area contributed by atoms with Crippen LogP contribution in [0.5, 0.6) is 5.88 Å². The van der Waals surface area contributed by atoms with Crippen molar-refractivity contribution in [2.75, 3.05) is 6.61 Å². The zero-order chi connectivity index (χ0) is 14.4. The fraction of sp³-hybridized carbons (Fsp3) is 0.286. The number of aromatic nitrogens is 2. The van der Waals surface area contributed by atoms with Crippen LogP contribution in [0.2, 0.25) is 0 Å². The first-order chi connectivity index (χ1) is 9.72. The quantitative estimate of drug-likeness (QED) is 0.821. The molecule has 0 saturated carbocycles. The topological polar surface area (TPSA) is 47.0 Å². The number of hydrogen-bond donors (Lipinski definition) is 1. The van der Waals surface area contributed by atoms with Crippen molar-refractivity contribution in [3.63, 3.8) is 0 Å². The van der Waals surface area contributed by atoms with Crippen molar-refractivity contribution in [3.8, 4) is 5.88 Å². The minimum Gasteiger partial charge on any atom is -0.478 e. The SMILES string of the molecule is CCOc1ncccc1CNCc1ccnc(Br)c1F. The molecular weight excluding hydrogens is 325 g/mol. The third kappa shape index (κ3) is 3.74. The highest BCUT2D eigenvalue weighted by Crippen LogP contribution is 2.17. The summed E-state index contributed by atoms with van der Waals surface area (Å²) in [6.45, 7) is 3.45. The van der Waals surface area contributed by atoms with Crippen molar-refractivity contribution in [3.05, 3.63) is 52.1 Å². The lowest BCUT2D eigenvalue weighted by Crippen LogP contribution is -2.15. The Bertz CT molecular complexity index is 580. The molecule has 2 rings (SSSR count).